The van der Waals surface area contributed by atoms with Gasteiger partial charge in [-0.1, -0.05) is 13.8 Å². The van der Waals surface area contributed by atoms with E-state index in [-0.39, 0.29) is 11.5 Å². The summed E-state index contributed by atoms with van der Waals surface area (Å²) < 4.78 is 0. The number of carboxylic acid groups (broad SMARTS) is 1. The Labute approximate surface area is 114 Å². The molecule has 0 aliphatic rings. The number of carbonyl (C=O) groups excluding carboxylic acids is 1. The van der Waals surface area contributed by atoms with Crippen LogP contribution in [-0.2, 0) is 4.79 Å². The molecule has 0 aliphatic heterocycles. The van der Waals surface area contributed by atoms with Gasteiger partial charge in [-0.15, -0.1) is 0 Å². The average Bonchev–Trinajstić information content (AvgIpc) is 2.34. The van der Waals surface area contributed by atoms with Gasteiger partial charge < -0.3 is 15.5 Å². The molecule has 0 fully saturated rings. The van der Waals surface area contributed by atoms with E-state index in [1.807, 2.05) is 0 Å². The summed E-state index contributed by atoms with van der Waals surface area (Å²) in [6.07, 6.45) is 0. The van der Waals surface area contributed by atoms with E-state index in [1.54, 1.807) is 13.8 Å². The summed E-state index contributed by atoms with van der Waals surface area (Å²) in [5, 5.41) is 31.2. The van der Waals surface area contributed by atoms with Crippen LogP contribution in [0.25, 0.3) is 0 Å². The minimum absolute atomic E-state index is 0.0959. The molecule has 108 valence electrons. The fourth-order valence-corrected chi connectivity index (χ4v) is 1.55. The predicted octanol–water partition coefficient (Wildman–Crippen LogP) is 1.14. The summed E-state index contributed by atoms with van der Waals surface area (Å²) >= 11 is 0. The van der Waals surface area contributed by atoms with Crippen molar-refractivity contribution >= 4 is 17.6 Å². The van der Waals surface area contributed by atoms with Crippen molar-refractivity contribution < 1.29 is 24.7 Å². The second-order valence-electron chi connectivity index (χ2n) is 4.49. The maximum absolute atomic E-state index is 11.9. The summed E-state index contributed by atoms with van der Waals surface area (Å²) in [7, 11) is 0. The third-order valence-electron chi connectivity index (χ3n) is 2.65. The van der Waals surface area contributed by atoms with Gasteiger partial charge in [-0.25, -0.2) is 4.79 Å². The molecule has 0 heterocycles. The molecule has 1 amide bonds. The molecule has 0 aromatic heterocycles. The highest BCUT2D eigenvalue weighted by Gasteiger charge is 2.25. The standard InChI is InChI=1S/C12H14N2O6/c1-6(2)10(12(17)18)13-11(16)7-3-4-9(15)8(5-7)14(19)20/h3-6,10,15H,1-2H3,(H,13,16)(H,17,18)/t10-/m0/s1. The number of rotatable bonds is 5. The van der Waals surface area contributed by atoms with E-state index in [0.29, 0.717) is 0 Å². The first-order valence-electron chi connectivity index (χ1n) is 5.75. The first-order valence-corrected chi connectivity index (χ1v) is 5.75. The highest BCUT2D eigenvalue weighted by atomic mass is 16.6. The molecule has 0 aliphatic carbocycles. The first kappa shape index (κ1) is 15.4. The Hall–Kier alpha value is -2.64. The lowest BCUT2D eigenvalue weighted by atomic mass is 10.0. The van der Waals surface area contributed by atoms with Crippen molar-refractivity contribution in [3.8, 4) is 5.75 Å². The SMILES string of the molecule is CC(C)[C@H](NC(=O)c1ccc(O)c([N+](=O)[O-])c1)C(=O)O. The first-order chi connectivity index (χ1) is 9.23. The molecular weight excluding hydrogens is 268 g/mol. The summed E-state index contributed by atoms with van der Waals surface area (Å²) in [5.74, 6) is -2.86. The van der Waals surface area contributed by atoms with E-state index < -0.39 is 34.3 Å². The molecule has 0 saturated carbocycles. The lowest BCUT2D eigenvalue weighted by Gasteiger charge is -2.17. The quantitative estimate of drug-likeness (QED) is 0.548. The molecule has 1 aromatic carbocycles. The molecule has 1 aromatic rings. The van der Waals surface area contributed by atoms with Crippen LogP contribution in [0.3, 0.4) is 0 Å². The second kappa shape index (κ2) is 6.00. The van der Waals surface area contributed by atoms with Crippen LogP contribution < -0.4 is 5.32 Å². The van der Waals surface area contributed by atoms with E-state index in [1.165, 1.54) is 6.07 Å². The molecule has 0 unspecified atom stereocenters. The van der Waals surface area contributed by atoms with E-state index in [9.17, 15) is 24.8 Å². The minimum atomic E-state index is -1.19. The van der Waals surface area contributed by atoms with Crippen molar-refractivity contribution in [2.24, 2.45) is 5.92 Å². The number of carbonyl (C=O) groups is 2. The number of nitrogens with one attached hydrogen (secondary N) is 1. The topological polar surface area (TPSA) is 130 Å². The summed E-state index contributed by atoms with van der Waals surface area (Å²) in [5.41, 5.74) is -0.713. The van der Waals surface area contributed by atoms with Crippen molar-refractivity contribution in [3.63, 3.8) is 0 Å². The highest BCUT2D eigenvalue weighted by Crippen LogP contribution is 2.26. The fourth-order valence-electron chi connectivity index (χ4n) is 1.55. The number of aliphatic carboxylic acids is 1. The molecule has 0 radical (unpaired) electrons. The zero-order chi connectivity index (χ0) is 15.4. The van der Waals surface area contributed by atoms with E-state index in [4.69, 9.17) is 5.11 Å². The summed E-state index contributed by atoms with van der Waals surface area (Å²) in [6.45, 7) is 3.25. The number of hydrogen-bond donors (Lipinski definition) is 3. The van der Waals surface area contributed by atoms with Gasteiger partial charge in [0.05, 0.1) is 4.92 Å². The second-order valence-corrected chi connectivity index (χ2v) is 4.49. The Morgan fingerprint density at radius 2 is 1.95 bits per heavy atom. The molecule has 8 nitrogen and oxygen atoms in total. The third-order valence-corrected chi connectivity index (χ3v) is 2.65. The number of hydrogen-bond acceptors (Lipinski definition) is 5. The number of phenolic OH excluding ortho intramolecular Hbond substituents is 1. The van der Waals surface area contributed by atoms with Gasteiger partial charge in [0.25, 0.3) is 5.91 Å². The Balaban J connectivity index is 3.01. The van der Waals surface area contributed by atoms with Crippen LogP contribution >= 0.6 is 0 Å². The predicted molar refractivity (Wildman–Crippen MR) is 68.5 cm³/mol. The molecule has 20 heavy (non-hydrogen) atoms. The Bertz CT molecular complexity index is 555. The van der Waals surface area contributed by atoms with Gasteiger partial charge in [0.15, 0.2) is 5.75 Å². The Morgan fingerprint density at radius 1 is 1.35 bits per heavy atom. The van der Waals surface area contributed by atoms with Crippen LogP contribution in [0.1, 0.15) is 24.2 Å². The molecule has 3 N–H and O–H groups in total. The monoisotopic (exact) mass is 282 g/mol. The van der Waals surface area contributed by atoms with Gasteiger partial charge in [-0.3, -0.25) is 14.9 Å². The molecule has 0 spiro atoms. The normalized spacial score (nSPS) is 11.9. The Kier molecular flexibility index (Phi) is 4.63. The van der Waals surface area contributed by atoms with Crippen molar-refractivity contribution in [3.05, 3.63) is 33.9 Å². The molecule has 0 bridgehead atoms. The van der Waals surface area contributed by atoms with Crippen LogP contribution in [0.5, 0.6) is 5.75 Å². The number of nitro benzene ring substituents is 1. The van der Waals surface area contributed by atoms with Crippen molar-refractivity contribution in [2.45, 2.75) is 19.9 Å². The van der Waals surface area contributed by atoms with Gasteiger partial charge in [-0.2, -0.15) is 0 Å². The minimum Gasteiger partial charge on any atom is -0.502 e. The molecular formula is C12H14N2O6. The number of amides is 1. The highest BCUT2D eigenvalue weighted by molar-refractivity contribution is 5.97. The van der Waals surface area contributed by atoms with Gasteiger partial charge in [0.1, 0.15) is 6.04 Å². The van der Waals surface area contributed by atoms with Gasteiger partial charge in [0, 0.05) is 11.6 Å². The van der Waals surface area contributed by atoms with Crippen LogP contribution in [-0.4, -0.2) is 33.1 Å². The Morgan fingerprint density at radius 3 is 2.40 bits per heavy atom. The van der Waals surface area contributed by atoms with Gasteiger partial charge >= 0.3 is 11.7 Å². The molecule has 1 atom stereocenters. The number of aromatic hydroxyl groups is 1. The summed E-state index contributed by atoms with van der Waals surface area (Å²) in [6, 6.07) is 1.98. The van der Waals surface area contributed by atoms with E-state index in [2.05, 4.69) is 5.32 Å². The molecule has 8 heteroatoms. The lowest BCUT2D eigenvalue weighted by molar-refractivity contribution is -0.385. The zero-order valence-electron chi connectivity index (χ0n) is 10.9. The molecule has 0 saturated heterocycles. The number of phenols is 1. The van der Waals surface area contributed by atoms with Crippen LogP contribution in [0.2, 0.25) is 0 Å². The lowest BCUT2D eigenvalue weighted by Crippen LogP contribution is -2.44. The van der Waals surface area contributed by atoms with Crippen LogP contribution in [0, 0.1) is 16.0 Å². The number of nitrogens with zero attached hydrogens (tertiary/aromatic N) is 1. The zero-order valence-corrected chi connectivity index (χ0v) is 10.9. The van der Waals surface area contributed by atoms with Crippen molar-refractivity contribution in [1.82, 2.24) is 5.32 Å². The smallest absolute Gasteiger partial charge is 0.326 e. The largest absolute Gasteiger partial charge is 0.502 e. The van der Waals surface area contributed by atoms with Crippen LogP contribution in [0.15, 0.2) is 18.2 Å². The summed E-state index contributed by atoms with van der Waals surface area (Å²) in [4.78, 5) is 32.7. The van der Waals surface area contributed by atoms with Crippen molar-refractivity contribution in [2.75, 3.05) is 0 Å². The van der Waals surface area contributed by atoms with Gasteiger partial charge in [0.2, 0.25) is 0 Å². The molecule has 1 rings (SSSR count). The van der Waals surface area contributed by atoms with Gasteiger partial charge in [-0.05, 0) is 18.1 Å². The maximum Gasteiger partial charge on any atom is 0.326 e. The average molecular weight is 282 g/mol. The van der Waals surface area contributed by atoms with Crippen molar-refractivity contribution in [1.29, 1.82) is 0 Å². The number of nitro groups is 1. The maximum atomic E-state index is 11.9. The van der Waals surface area contributed by atoms with Crippen LogP contribution in [0.4, 0.5) is 5.69 Å². The third kappa shape index (κ3) is 3.44. The van der Waals surface area contributed by atoms with E-state index >= 15 is 0 Å². The number of benzene rings is 1. The fraction of sp³-hybridized carbons (Fsp3) is 0.333. The van der Waals surface area contributed by atoms with E-state index in [0.717, 1.165) is 12.1 Å². The number of carboxylic acids is 1.